The summed E-state index contributed by atoms with van der Waals surface area (Å²) in [5.74, 6) is -3.43. The van der Waals surface area contributed by atoms with Gasteiger partial charge < -0.3 is 0 Å². The van der Waals surface area contributed by atoms with E-state index in [1.165, 1.54) is 0 Å². The number of halogens is 3. The molecule has 3 heteroatoms. The molecule has 1 unspecified atom stereocenters. The molecular formula is C13H23F3. The smallest absolute Gasteiger partial charge is 0.189 e. The molecule has 0 aromatic heterocycles. The Bertz CT molecular complexity index is 240. The van der Waals surface area contributed by atoms with E-state index in [0.717, 1.165) is 6.08 Å². The van der Waals surface area contributed by atoms with Gasteiger partial charge in [-0.15, -0.1) is 0 Å². The zero-order valence-corrected chi connectivity index (χ0v) is 11.1. The molecule has 0 heterocycles. The van der Waals surface area contributed by atoms with Crippen molar-refractivity contribution in [3.63, 3.8) is 0 Å². The minimum atomic E-state index is -1.33. The van der Waals surface area contributed by atoms with Crippen molar-refractivity contribution in [2.24, 2.45) is 11.8 Å². The molecule has 0 N–H and O–H groups in total. The summed E-state index contributed by atoms with van der Waals surface area (Å²) in [4.78, 5) is 0. The van der Waals surface area contributed by atoms with Crippen LogP contribution in [0.25, 0.3) is 0 Å². The number of hydrogen-bond donors (Lipinski definition) is 0. The van der Waals surface area contributed by atoms with Crippen molar-refractivity contribution in [3.8, 4) is 0 Å². The van der Waals surface area contributed by atoms with Crippen LogP contribution in [0.2, 0.25) is 0 Å². The lowest BCUT2D eigenvalue weighted by atomic mass is 9.88. The van der Waals surface area contributed by atoms with Gasteiger partial charge in [0.25, 0.3) is 0 Å². The van der Waals surface area contributed by atoms with Gasteiger partial charge in [-0.05, 0) is 17.9 Å². The Morgan fingerprint density at radius 3 is 1.81 bits per heavy atom. The summed E-state index contributed by atoms with van der Waals surface area (Å²) in [5.41, 5.74) is 0. The Balaban J connectivity index is 0. The second kappa shape index (κ2) is 9.49. The van der Waals surface area contributed by atoms with Crippen molar-refractivity contribution in [3.05, 3.63) is 23.6 Å². The van der Waals surface area contributed by atoms with Crippen LogP contribution in [0.4, 0.5) is 13.2 Å². The lowest BCUT2D eigenvalue weighted by Gasteiger charge is -2.19. The SMILES string of the molecule is CC.CC.CC(C)C1C=C(F)C(F)=C(F)C1. The van der Waals surface area contributed by atoms with E-state index in [-0.39, 0.29) is 18.3 Å². The second-order valence-corrected chi connectivity index (χ2v) is 3.35. The molecule has 96 valence electrons. The van der Waals surface area contributed by atoms with E-state index in [0.29, 0.717) is 0 Å². The first-order valence-corrected chi connectivity index (χ1v) is 5.94. The molecular weight excluding hydrogens is 213 g/mol. The van der Waals surface area contributed by atoms with E-state index >= 15 is 0 Å². The highest BCUT2D eigenvalue weighted by Crippen LogP contribution is 2.34. The van der Waals surface area contributed by atoms with Crippen LogP contribution in [0, 0.1) is 11.8 Å². The summed E-state index contributed by atoms with van der Waals surface area (Å²) >= 11 is 0. The van der Waals surface area contributed by atoms with Gasteiger partial charge in [0, 0.05) is 6.42 Å². The summed E-state index contributed by atoms with van der Waals surface area (Å²) in [5, 5.41) is 0. The molecule has 0 saturated heterocycles. The maximum absolute atomic E-state index is 12.7. The minimum Gasteiger partial charge on any atom is -0.208 e. The highest BCUT2D eigenvalue weighted by molar-refractivity contribution is 5.27. The van der Waals surface area contributed by atoms with Crippen molar-refractivity contribution in [2.45, 2.75) is 48.0 Å². The van der Waals surface area contributed by atoms with Gasteiger partial charge in [-0.1, -0.05) is 41.5 Å². The molecule has 0 aromatic rings. The maximum Gasteiger partial charge on any atom is 0.189 e. The third kappa shape index (κ3) is 5.38. The predicted octanol–water partition coefficient (Wildman–Crippen LogP) is 5.72. The molecule has 0 nitrogen and oxygen atoms in total. The Morgan fingerprint density at radius 1 is 1.06 bits per heavy atom. The summed E-state index contributed by atoms with van der Waals surface area (Å²) in [6.07, 6.45) is 1.14. The van der Waals surface area contributed by atoms with E-state index in [4.69, 9.17) is 0 Å². The molecule has 16 heavy (non-hydrogen) atoms. The van der Waals surface area contributed by atoms with Crippen molar-refractivity contribution in [1.29, 1.82) is 0 Å². The first-order valence-electron chi connectivity index (χ1n) is 5.94. The van der Waals surface area contributed by atoms with Crippen LogP contribution < -0.4 is 0 Å². The van der Waals surface area contributed by atoms with Crippen molar-refractivity contribution < 1.29 is 13.2 Å². The third-order valence-electron chi connectivity index (χ3n) is 2.08. The number of hydrogen-bond acceptors (Lipinski definition) is 0. The third-order valence-corrected chi connectivity index (χ3v) is 2.08. The summed E-state index contributed by atoms with van der Waals surface area (Å²) in [6.45, 7) is 11.7. The van der Waals surface area contributed by atoms with Gasteiger partial charge in [-0.3, -0.25) is 0 Å². The maximum atomic E-state index is 12.7. The van der Waals surface area contributed by atoms with Crippen LogP contribution in [-0.2, 0) is 0 Å². The molecule has 1 rings (SSSR count). The van der Waals surface area contributed by atoms with E-state index in [2.05, 4.69) is 0 Å². The molecule has 0 aliphatic heterocycles. The summed E-state index contributed by atoms with van der Waals surface area (Å²) < 4.78 is 37.8. The van der Waals surface area contributed by atoms with Crippen molar-refractivity contribution in [2.75, 3.05) is 0 Å². The molecule has 0 amide bonds. The van der Waals surface area contributed by atoms with Gasteiger partial charge in [0.05, 0.1) is 0 Å². The van der Waals surface area contributed by atoms with Gasteiger partial charge in [-0.2, -0.15) is 0 Å². The molecule has 1 atom stereocenters. The Hall–Kier alpha value is -0.730. The monoisotopic (exact) mass is 236 g/mol. The van der Waals surface area contributed by atoms with Gasteiger partial charge >= 0.3 is 0 Å². The van der Waals surface area contributed by atoms with Gasteiger partial charge in [0.1, 0.15) is 5.83 Å². The zero-order valence-electron chi connectivity index (χ0n) is 11.1. The average Bonchev–Trinajstić information content (AvgIpc) is 2.30. The van der Waals surface area contributed by atoms with E-state index in [9.17, 15) is 13.2 Å². The number of rotatable bonds is 1. The van der Waals surface area contributed by atoms with E-state index in [1.54, 1.807) is 0 Å². The Labute approximate surface area is 97.2 Å². The van der Waals surface area contributed by atoms with Crippen LogP contribution >= 0.6 is 0 Å². The van der Waals surface area contributed by atoms with Gasteiger partial charge in [-0.25, -0.2) is 13.2 Å². The number of allylic oxidation sites excluding steroid dienone is 4. The van der Waals surface area contributed by atoms with Crippen LogP contribution in [0.3, 0.4) is 0 Å². The first kappa shape index (κ1) is 17.7. The Morgan fingerprint density at radius 2 is 1.50 bits per heavy atom. The van der Waals surface area contributed by atoms with Crippen LogP contribution in [0.15, 0.2) is 23.6 Å². The quantitative estimate of drug-likeness (QED) is 0.546. The largest absolute Gasteiger partial charge is 0.208 e. The van der Waals surface area contributed by atoms with Gasteiger partial charge in [0.2, 0.25) is 0 Å². The molecule has 1 aliphatic rings. The molecule has 0 spiro atoms. The molecule has 1 aliphatic carbocycles. The molecule has 0 fully saturated rings. The normalized spacial score (nSPS) is 19.4. The fourth-order valence-corrected chi connectivity index (χ4v) is 1.17. The molecule has 0 radical (unpaired) electrons. The van der Waals surface area contributed by atoms with Crippen LogP contribution in [-0.4, -0.2) is 0 Å². The van der Waals surface area contributed by atoms with Crippen LogP contribution in [0.1, 0.15) is 48.0 Å². The Kier molecular flexibility index (Phi) is 10.5. The lowest BCUT2D eigenvalue weighted by molar-refractivity contribution is 0.371. The van der Waals surface area contributed by atoms with Crippen molar-refractivity contribution >= 4 is 0 Å². The fourth-order valence-electron chi connectivity index (χ4n) is 1.17. The molecule has 0 aromatic carbocycles. The second-order valence-electron chi connectivity index (χ2n) is 3.35. The predicted molar refractivity (Wildman–Crippen MR) is 64.1 cm³/mol. The minimum absolute atomic E-state index is 0.0169. The standard InChI is InChI=1S/C9H11F3.2C2H6/c1-5(2)6-3-7(10)9(12)8(11)4-6;2*1-2/h3,5-6H,4H2,1-2H3;2*1-2H3. The van der Waals surface area contributed by atoms with E-state index in [1.807, 2.05) is 41.5 Å². The fraction of sp³-hybridized carbons (Fsp3) is 0.692. The average molecular weight is 236 g/mol. The highest BCUT2D eigenvalue weighted by atomic mass is 19.2. The van der Waals surface area contributed by atoms with E-state index < -0.39 is 17.5 Å². The summed E-state index contributed by atoms with van der Waals surface area (Å²) in [7, 11) is 0. The van der Waals surface area contributed by atoms with Gasteiger partial charge in [0.15, 0.2) is 11.7 Å². The van der Waals surface area contributed by atoms with Crippen LogP contribution in [0.5, 0.6) is 0 Å². The van der Waals surface area contributed by atoms with Crippen molar-refractivity contribution in [1.82, 2.24) is 0 Å². The molecule has 0 bridgehead atoms. The first-order chi connectivity index (χ1) is 7.52. The topological polar surface area (TPSA) is 0 Å². The summed E-state index contributed by atoms with van der Waals surface area (Å²) in [6, 6.07) is 0. The lowest BCUT2D eigenvalue weighted by Crippen LogP contribution is -2.10. The molecule has 0 saturated carbocycles. The zero-order chi connectivity index (χ0) is 13.3. The highest BCUT2D eigenvalue weighted by Gasteiger charge is 2.24.